The molecule has 9 aromatic carbocycles. The van der Waals surface area contributed by atoms with Gasteiger partial charge in [-0.1, -0.05) is 115 Å². The predicted octanol–water partition coefficient (Wildman–Crippen LogP) is 35.4. The Balaban J connectivity index is 0.000000165. The molecule has 0 aliphatic heterocycles. The molecule has 6 aliphatic rings. The van der Waals surface area contributed by atoms with Crippen molar-refractivity contribution in [2.45, 2.75) is 399 Å². The Labute approximate surface area is 765 Å². The van der Waals surface area contributed by atoms with Gasteiger partial charge in [0, 0.05) is 27.1 Å². The third kappa shape index (κ3) is 15.4. The molecule has 0 bridgehead atoms. The van der Waals surface area contributed by atoms with E-state index in [1.165, 1.54) is 310 Å². The first-order valence-corrected chi connectivity index (χ1v) is 47.4. The minimum Gasteiger partial charge on any atom is -0.0600 e. The molecule has 670 valence electrons. The number of hydrogen-bond acceptors (Lipinski definition) is 0. The van der Waals surface area contributed by atoms with Crippen molar-refractivity contribution in [3.05, 3.63) is 290 Å². The van der Waals surface area contributed by atoms with E-state index in [-0.39, 0.29) is 27.1 Å². The summed E-state index contributed by atoms with van der Waals surface area (Å²) >= 11 is 0. The van der Waals surface area contributed by atoms with Crippen molar-refractivity contribution in [3.8, 4) is 11.1 Å². The third-order valence-electron chi connectivity index (χ3n) is 37.1. The van der Waals surface area contributed by atoms with Gasteiger partial charge in [-0.3, -0.25) is 0 Å². The highest BCUT2D eigenvalue weighted by Crippen LogP contribution is 2.62. The molecule has 0 aromatic heterocycles. The summed E-state index contributed by atoms with van der Waals surface area (Å²) in [5.41, 5.74) is 83.9. The SMILES string of the molecule is CC1=C(C)C(C)(C)C2=C1C(C)=C(C)C2(C)C.CC1=C(C)C(C)(C)c2c(C)c(C)c(C)c(C)c21.CC1=C(C)C(C)(C)c2c(C)c(C)c(C)c(C)c21.CC1=C(C)c2c(C)c(C)cc3cc(C)c(C)c1c23.CC1=c2c(C)c(C)c(C)c(C)c2=C(C)C1(C)C.Cc1c(C)c(C)c(-c2c(C)c(C)c(C)c(C)c2C)c(C)c1C.Cc1c(C)c(C)c2c(C)c(C)c(C)c(C)c2c1C. The summed E-state index contributed by atoms with van der Waals surface area (Å²) in [4.78, 5) is 0. The van der Waals surface area contributed by atoms with Gasteiger partial charge in [0.05, 0.1) is 0 Å². The van der Waals surface area contributed by atoms with Crippen LogP contribution >= 0.6 is 0 Å². The molecule has 15 rings (SSSR count). The van der Waals surface area contributed by atoms with Crippen molar-refractivity contribution in [2.24, 2.45) is 16.2 Å². The van der Waals surface area contributed by atoms with Crippen LogP contribution in [0.25, 0.3) is 66.1 Å². The molecule has 0 saturated carbocycles. The lowest BCUT2D eigenvalue weighted by Gasteiger charge is -2.36. The Hall–Kier alpha value is -8.32. The van der Waals surface area contributed by atoms with Gasteiger partial charge in [0.15, 0.2) is 0 Å². The lowest BCUT2D eigenvalue weighted by atomic mass is 9.68. The maximum atomic E-state index is 2.38. The second kappa shape index (κ2) is 34.6. The average molecular weight is 1670 g/mol. The largest absolute Gasteiger partial charge is 0.0600 e. The van der Waals surface area contributed by atoms with Crippen LogP contribution in [0, 0.1) is 252 Å². The number of rotatable bonds is 1. The molecule has 6 aliphatic carbocycles. The molecule has 0 fully saturated rings. The predicted molar refractivity (Wildman–Crippen MR) is 563 cm³/mol. The highest BCUT2D eigenvalue weighted by Gasteiger charge is 2.49. The fraction of sp³-hybridized carbons (Fsp3) is 0.488. The molecule has 0 radical (unpaired) electrons. The lowest BCUT2D eigenvalue weighted by Crippen LogP contribution is -2.31. The van der Waals surface area contributed by atoms with Gasteiger partial charge in [-0.25, -0.2) is 0 Å². The molecular weight excluding hydrogens is 1500 g/mol. The fourth-order valence-electron chi connectivity index (χ4n) is 24.0. The maximum Gasteiger partial charge on any atom is 0.0117 e. The van der Waals surface area contributed by atoms with E-state index in [4.69, 9.17) is 0 Å². The molecular formula is C125H170. The maximum absolute atomic E-state index is 2.38. The van der Waals surface area contributed by atoms with E-state index in [1.807, 2.05) is 0 Å². The first kappa shape index (κ1) is 100. The van der Waals surface area contributed by atoms with Gasteiger partial charge in [0.2, 0.25) is 0 Å². The van der Waals surface area contributed by atoms with Crippen LogP contribution in [-0.2, 0) is 10.8 Å². The van der Waals surface area contributed by atoms with Crippen molar-refractivity contribution in [2.75, 3.05) is 0 Å². The molecule has 0 atom stereocenters. The number of aryl methyl sites for hydroxylation is 6. The summed E-state index contributed by atoms with van der Waals surface area (Å²) in [5.74, 6) is 0. The van der Waals surface area contributed by atoms with Crippen molar-refractivity contribution >= 4 is 55.0 Å². The topological polar surface area (TPSA) is 0 Å². The van der Waals surface area contributed by atoms with Crippen LogP contribution in [0.4, 0.5) is 0 Å². The van der Waals surface area contributed by atoms with Crippen LogP contribution < -0.4 is 10.4 Å². The zero-order valence-corrected chi connectivity index (χ0v) is 90.7. The quantitative estimate of drug-likeness (QED) is 0.154. The van der Waals surface area contributed by atoms with Gasteiger partial charge in [-0.2, -0.15) is 0 Å². The zero-order chi connectivity index (χ0) is 95.7. The van der Waals surface area contributed by atoms with Crippen LogP contribution in [0.15, 0.2) is 56.7 Å². The smallest absolute Gasteiger partial charge is 0.0117 e. The summed E-state index contributed by atoms with van der Waals surface area (Å²) in [6, 6.07) is 4.69. The average Bonchev–Trinajstić information content (AvgIpc) is 1.54. The normalized spacial score (nSPS) is 16.3. The van der Waals surface area contributed by atoms with Crippen molar-refractivity contribution in [1.29, 1.82) is 0 Å². The fourth-order valence-corrected chi connectivity index (χ4v) is 24.0. The van der Waals surface area contributed by atoms with Gasteiger partial charge in [-0.15, -0.1) is 0 Å². The van der Waals surface area contributed by atoms with E-state index >= 15 is 0 Å². The summed E-state index contributed by atoms with van der Waals surface area (Å²) in [5, 5.41) is 8.90. The number of fused-ring (bicyclic) bond motifs is 4. The molecule has 0 nitrogen and oxygen atoms in total. The third-order valence-corrected chi connectivity index (χ3v) is 37.1. The van der Waals surface area contributed by atoms with Crippen molar-refractivity contribution < 1.29 is 0 Å². The van der Waals surface area contributed by atoms with E-state index in [0.29, 0.717) is 0 Å². The van der Waals surface area contributed by atoms with Crippen molar-refractivity contribution in [3.63, 3.8) is 0 Å². The minimum absolute atomic E-state index is 0.201. The Morgan fingerprint density at radius 3 is 0.608 bits per heavy atom. The van der Waals surface area contributed by atoms with E-state index in [1.54, 1.807) is 33.4 Å². The highest BCUT2D eigenvalue weighted by molar-refractivity contribution is 6.15. The summed E-state index contributed by atoms with van der Waals surface area (Å²) in [6.07, 6.45) is 0. The Morgan fingerprint density at radius 2 is 0.360 bits per heavy atom. The van der Waals surface area contributed by atoms with Gasteiger partial charge < -0.3 is 0 Å². The molecule has 0 amide bonds. The van der Waals surface area contributed by atoms with E-state index in [0.717, 1.165) is 0 Å². The van der Waals surface area contributed by atoms with Gasteiger partial charge in [0.1, 0.15) is 0 Å². The molecule has 0 heteroatoms. The number of hydrogen-bond donors (Lipinski definition) is 0. The lowest BCUT2D eigenvalue weighted by molar-refractivity contribution is 0.411. The first-order valence-electron chi connectivity index (χ1n) is 47.4. The summed E-state index contributed by atoms with van der Waals surface area (Å²) < 4.78 is 0. The summed E-state index contributed by atoms with van der Waals surface area (Å²) in [6.45, 7) is 128. The number of allylic oxidation sites excluding steroid dienone is 12. The van der Waals surface area contributed by atoms with Gasteiger partial charge >= 0.3 is 0 Å². The molecule has 0 spiro atoms. The standard InChI is InChI=1S/C22H30.C18H20.C18H24.3C17H24.C16H24/c1-11-13(3)17(7)21(18(8)14(11)4)22-19(9)15(5)12(2)16(6)20(22)10;1-9-7-15-8-10(2)12(4)17-14(6)13(5)16(11(9)3)18(15)17;1-9-10(2)14(6)18-16(8)12(4)11(3)15(7)17(18)13(9)5;1-9-10(2)12(4)16-14(6)17(7,8)13(5)15(16)11(9)3;2*1-9-10(2)12(4)16-15(11(9)3)13(5)14(6)17(16,7)8;1-9-11(3)15(5,6)14-13(9)10(2)12(4)16(14,7)8/h1-10H3;7-8H,1-6H3;1-8H3;3*1-8H3;1-8H3. The number of benzene rings is 9. The zero-order valence-electron chi connectivity index (χ0n) is 90.7. The molecule has 0 heterocycles. The van der Waals surface area contributed by atoms with Gasteiger partial charge in [-0.05, 0) is 629 Å². The summed E-state index contributed by atoms with van der Waals surface area (Å²) in [7, 11) is 0. The molecule has 125 heavy (non-hydrogen) atoms. The Kier molecular flexibility index (Phi) is 27.8. The van der Waals surface area contributed by atoms with Crippen molar-refractivity contribution in [1.82, 2.24) is 0 Å². The Bertz CT molecular complexity index is 6040. The second-order valence-corrected chi connectivity index (χ2v) is 43.4. The first-order chi connectivity index (χ1) is 57.1. The monoisotopic (exact) mass is 1670 g/mol. The second-order valence-electron chi connectivity index (χ2n) is 43.4. The molecule has 0 N–H and O–H groups in total. The highest BCUT2D eigenvalue weighted by atomic mass is 14.5. The van der Waals surface area contributed by atoms with E-state index in [2.05, 4.69) is 400 Å². The van der Waals surface area contributed by atoms with Crippen LogP contribution in [0.3, 0.4) is 0 Å². The Morgan fingerprint density at radius 1 is 0.152 bits per heavy atom. The van der Waals surface area contributed by atoms with Crippen LogP contribution in [0.5, 0.6) is 0 Å². The van der Waals surface area contributed by atoms with Crippen LogP contribution in [-0.4, -0.2) is 0 Å². The van der Waals surface area contributed by atoms with Crippen LogP contribution in [0.2, 0.25) is 0 Å². The van der Waals surface area contributed by atoms with Crippen LogP contribution in [0.1, 0.15) is 375 Å². The molecule has 0 saturated heterocycles. The molecule has 9 aromatic rings. The van der Waals surface area contributed by atoms with Gasteiger partial charge in [0.25, 0.3) is 0 Å². The van der Waals surface area contributed by atoms with E-state index in [9.17, 15) is 0 Å². The minimum atomic E-state index is 0.201. The molecule has 0 unspecified atom stereocenters. The van der Waals surface area contributed by atoms with E-state index < -0.39 is 0 Å².